The summed E-state index contributed by atoms with van der Waals surface area (Å²) in [7, 11) is -3.60. The van der Waals surface area contributed by atoms with E-state index in [1.807, 2.05) is 0 Å². The second-order valence-electron chi connectivity index (χ2n) is 5.51. The minimum absolute atomic E-state index is 0.0763. The molecule has 0 N–H and O–H groups in total. The molecule has 17 heavy (non-hydrogen) atoms. The molecule has 0 spiro atoms. The van der Waals surface area contributed by atoms with Crippen LogP contribution in [0.25, 0.3) is 0 Å². The van der Waals surface area contributed by atoms with E-state index >= 15 is 0 Å². The van der Waals surface area contributed by atoms with E-state index in [0.717, 1.165) is 0 Å². The number of hydrogen-bond donors (Lipinski definition) is 0. The van der Waals surface area contributed by atoms with E-state index in [-0.39, 0.29) is 6.61 Å². The highest BCUT2D eigenvalue weighted by Crippen LogP contribution is 2.55. The predicted octanol–water partition coefficient (Wildman–Crippen LogP) is 4.49. The zero-order valence-electron chi connectivity index (χ0n) is 11.3. The summed E-state index contributed by atoms with van der Waals surface area (Å²) < 4.78 is 28.3. The minimum atomic E-state index is -3.60. The lowest BCUT2D eigenvalue weighted by Gasteiger charge is -2.30. The Morgan fingerprint density at radius 2 is 1.47 bits per heavy atom. The van der Waals surface area contributed by atoms with Crippen molar-refractivity contribution in [1.29, 1.82) is 0 Å². The maximum atomic E-state index is 12.4. The molecule has 0 saturated carbocycles. The Labute approximate surface area is 109 Å². The van der Waals surface area contributed by atoms with Crippen LogP contribution in [-0.4, -0.2) is 17.8 Å². The van der Waals surface area contributed by atoms with Gasteiger partial charge in [0.2, 0.25) is 0 Å². The number of rotatable bonds is 5. The van der Waals surface area contributed by atoms with Crippen LogP contribution in [0.4, 0.5) is 0 Å². The molecule has 0 aromatic carbocycles. The Kier molecular flexibility index (Phi) is 6.40. The van der Waals surface area contributed by atoms with Crippen molar-refractivity contribution in [3.63, 3.8) is 0 Å². The zero-order chi connectivity index (χ0) is 13.7. The molecule has 0 aliphatic heterocycles. The zero-order valence-corrected chi connectivity index (χ0v) is 13.0. The van der Waals surface area contributed by atoms with E-state index in [2.05, 4.69) is 0 Å². The number of halogens is 1. The summed E-state index contributed by atoms with van der Waals surface area (Å²) in [6, 6.07) is 0. The van der Waals surface area contributed by atoms with Gasteiger partial charge in [0.1, 0.15) is 0 Å². The molecule has 0 unspecified atom stereocenters. The molecule has 6 heteroatoms. The smallest absolute Gasteiger partial charge is 0.283 e. The predicted molar refractivity (Wildman–Crippen MR) is 70.2 cm³/mol. The highest BCUT2D eigenvalue weighted by Gasteiger charge is 2.36. The molecule has 102 valence electrons. The van der Waals surface area contributed by atoms with Crippen molar-refractivity contribution in [3.8, 4) is 0 Å². The number of hydrogen-bond acceptors (Lipinski definition) is 4. The van der Waals surface area contributed by atoms with Crippen LogP contribution >= 0.6 is 19.4 Å². The summed E-state index contributed by atoms with van der Waals surface area (Å²) in [6.07, 6.45) is 1.52. The molecule has 0 aromatic heterocycles. The Morgan fingerprint density at radius 3 is 1.76 bits per heavy atom. The van der Waals surface area contributed by atoms with Crippen LogP contribution in [0.1, 0.15) is 41.5 Å². The molecule has 0 bridgehead atoms. The fourth-order valence-electron chi connectivity index (χ4n) is 0.913. The molecule has 0 heterocycles. The monoisotopic (exact) mass is 284 g/mol. The second-order valence-corrected chi connectivity index (χ2v) is 7.28. The number of phosphoric ester groups is 1. The molecular formula is C11H22ClO4P. The molecule has 0 atom stereocenters. The highest BCUT2D eigenvalue weighted by molar-refractivity contribution is 7.48. The molecule has 0 saturated heterocycles. The third-order valence-electron chi connectivity index (χ3n) is 1.19. The van der Waals surface area contributed by atoms with Crippen LogP contribution in [0.2, 0.25) is 0 Å². The topological polar surface area (TPSA) is 44.8 Å². The van der Waals surface area contributed by atoms with E-state index in [0.29, 0.717) is 0 Å². The molecule has 0 aromatic rings. The second kappa shape index (κ2) is 6.35. The summed E-state index contributed by atoms with van der Waals surface area (Å²) in [5.41, 5.74) is 0.0510. The summed E-state index contributed by atoms with van der Waals surface area (Å²) in [5, 5.41) is 0. The van der Waals surface area contributed by atoms with Gasteiger partial charge in [0.15, 0.2) is 0 Å². The van der Waals surface area contributed by atoms with Crippen molar-refractivity contribution in [2.75, 3.05) is 6.61 Å². The van der Waals surface area contributed by atoms with Crippen molar-refractivity contribution < 1.29 is 18.1 Å². The van der Waals surface area contributed by atoms with Crippen LogP contribution in [0, 0.1) is 0 Å². The van der Waals surface area contributed by atoms with Gasteiger partial charge < -0.3 is 0 Å². The molecular weight excluding hydrogens is 263 g/mol. The SMILES string of the molecule is CC(C)(C)OP(=O)(OCC=CCl)OC(C)(C)C. The van der Waals surface area contributed by atoms with Crippen molar-refractivity contribution in [3.05, 3.63) is 11.6 Å². The molecule has 0 amide bonds. The van der Waals surface area contributed by atoms with Crippen LogP contribution in [0.3, 0.4) is 0 Å². The van der Waals surface area contributed by atoms with E-state index in [1.54, 1.807) is 41.5 Å². The van der Waals surface area contributed by atoms with Gasteiger partial charge in [-0.05, 0) is 47.6 Å². The molecule has 0 fully saturated rings. The van der Waals surface area contributed by atoms with Crippen molar-refractivity contribution in [1.82, 2.24) is 0 Å². The van der Waals surface area contributed by atoms with Crippen LogP contribution in [0.15, 0.2) is 11.6 Å². The van der Waals surface area contributed by atoms with Gasteiger partial charge in [0.05, 0.1) is 17.8 Å². The average molecular weight is 285 g/mol. The van der Waals surface area contributed by atoms with Gasteiger partial charge in [-0.2, -0.15) is 0 Å². The van der Waals surface area contributed by atoms with Crippen molar-refractivity contribution in [2.45, 2.75) is 52.7 Å². The Bertz CT molecular complexity index is 282. The van der Waals surface area contributed by atoms with Crippen LogP contribution < -0.4 is 0 Å². The summed E-state index contributed by atoms with van der Waals surface area (Å²) in [6.45, 7) is 10.8. The fourth-order valence-corrected chi connectivity index (χ4v) is 2.74. The van der Waals surface area contributed by atoms with Crippen molar-refractivity contribution >= 4 is 19.4 Å². The lowest BCUT2D eigenvalue weighted by Crippen LogP contribution is -2.24. The van der Waals surface area contributed by atoms with E-state index < -0.39 is 19.0 Å². The number of phosphoric acid groups is 1. The lowest BCUT2D eigenvalue weighted by atomic mass is 10.2. The van der Waals surface area contributed by atoms with Gasteiger partial charge in [-0.25, -0.2) is 4.57 Å². The molecule has 0 radical (unpaired) electrons. The first-order valence-electron chi connectivity index (χ1n) is 5.39. The average Bonchev–Trinajstić information content (AvgIpc) is 1.96. The molecule has 0 aliphatic rings. The highest BCUT2D eigenvalue weighted by atomic mass is 35.5. The molecule has 0 aliphatic carbocycles. The van der Waals surface area contributed by atoms with Gasteiger partial charge in [-0.15, -0.1) is 0 Å². The summed E-state index contributed by atoms with van der Waals surface area (Å²) in [5.74, 6) is 0. The van der Waals surface area contributed by atoms with Crippen LogP contribution in [0.5, 0.6) is 0 Å². The third-order valence-corrected chi connectivity index (χ3v) is 3.38. The van der Waals surface area contributed by atoms with E-state index in [9.17, 15) is 4.57 Å². The van der Waals surface area contributed by atoms with Gasteiger partial charge >= 0.3 is 7.82 Å². The standard InChI is InChI=1S/C11H22ClO4P/c1-10(2,3)15-17(13,14-9-7-8-12)16-11(4,5)6/h7-8H,9H2,1-6H3. The van der Waals surface area contributed by atoms with E-state index in [1.165, 1.54) is 11.6 Å². The van der Waals surface area contributed by atoms with Gasteiger partial charge in [0, 0.05) is 5.54 Å². The van der Waals surface area contributed by atoms with Gasteiger partial charge in [0.25, 0.3) is 0 Å². The third kappa shape index (κ3) is 9.81. The Balaban J connectivity index is 4.75. The van der Waals surface area contributed by atoms with E-state index in [4.69, 9.17) is 25.2 Å². The van der Waals surface area contributed by atoms with Crippen molar-refractivity contribution in [2.24, 2.45) is 0 Å². The van der Waals surface area contributed by atoms with Crippen LogP contribution in [-0.2, 0) is 18.1 Å². The van der Waals surface area contributed by atoms with Gasteiger partial charge in [-0.3, -0.25) is 13.6 Å². The summed E-state index contributed by atoms with van der Waals surface area (Å²) >= 11 is 5.36. The fraction of sp³-hybridized carbons (Fsp3) is 0.818. The first-order valence-corrected chi connectivity index (χ1v) is 7.28. The van der Waals surface area contributed by atoms with Gasteiger partial charge in [-0.1, -0.05) is 11.6 Å². The molecule has 0 rings (SSSR count). The quantitative estimate of drug-likeness (QED) is 0.698. The maximum absolute atomic E-state index is 12.4. The first-order chi connectivity index (χ1) is 7.47. The normalized spacial score (nSPS) is 14.5. The molecule has 4 nitrogen and oxygen atoms in total. The first kappa shape index (κ1) is 17.1. The Hall–Kier alpha value is 0.140. The summed E-state index contributed by atoms with van der Waals surface area (Å²) in [4.78, 5) is 0. The maximum Gasteiger partial charge on any atom is 0.476 e. The Morgan fingerprint density at radius 1 is 1.06 bits per heavy atom. The lowest BCUT2D eigenvalue weighted by molar-refractivity contribution is 0.00673. The largest absolute Gasteiger partial charge is 0.476 e. The minimum Gasteiger partial charge on any atom is -0.283 e.